The van der Waals surface area contributed by atoms with Gasteiger partial charge in [0.25, 0.3) is 0 Å². The average Bonchev–Trinajstić information content (AvgIpc) is 2.30. The Balaban J connectivity index is 2.49. The molecule has 4 heteroatoms. The fourth-order valence-electron chi connectivity index (χ4n) is 1.33. The van der Waals surface area contributed by atoms with E-state index in [4.69, 9.17) is 11.6 Å². The van der Waals surface area contributed by atoms with Crippen molar-refractivity contribution in [3.63, 3.8) is 0 Å². The maximum atomic E-state index is 5.96. The fraction of sp³-hybridized carbons (Fsp3) is 0.182. The summed E-state index contributed by atoms with van der Waals surface area (Å²) in [5, 5.41) is 0.422. The van der Waals surface area contributed by atoms with E-state index in [1.807, 2.05) is 12.1 Å². The van der Waals surface area contributed by atoms with Crippen molar-refractivity contribution in [1.82, 2.24) is 15.0 Å². The van der Waals surface area contributed by atoms with Crippen LogP contribution >= 0.6 is 11.6 Å². The van der Waals surface area contributed by atoms with Crippen molar-refractivity contribution in [2.24, 2.45) is 0 Å². The molecule has 0 aliphatic rings. The normalized spacial score (nSPS) is 10.3. The van der Waals surface area contributed by atoms with Gasteiger partial charge in [-0.2, -0.15) is 0 Å². The topological polar surface area (TPSA) is 38.7 Å². The van der Waals surface area contributed by atoms with E-state index in [-0.39, 0.29) is 0 Å². The summed E-state index contributed by atoms with van der Waals surface area (Å²) in [6, 6.07) is 3.87. The summed E-state index contributed by atoms with van der Waals surface area (Å²) in [6.45, 7) is 2.06. The van der Waals surface area contributed by atoms with Gasteiger partial charge in [-0.1, -0.05) is 18.5 Å². The molecular weight excluding hydrogens is 210 g/mol. The van der Waals surface area contributed by atoms with Crippen LogP contribution in [0, 0.1) is 0 Å². The first-order valence-electron chi connectivity index (χ1n) is 4.73. The van der Waals surface area contributed by atoms with Crippen molar-refractivity contribution in [1.29, 1.82) is 0 Å². The zero-order valence-corrected chi connectivity index (χ0v) is 9.07. The molecule has 0 saturated carbocycles. The molecule has 2 rings (SSSR count). The Bertz CT molecular complexity index is 471. The Kier molecular flexibility index (Phi) is 2.92. The van der Waals surface area contributed by atoms with Crippen LogP contribution in [0.3, 0.4) is 0 Å². The van der Waals surface area contributed by atoms with E-state index in [2.05, 4.69) is 21.9 Å². The minimum atomic E-state index is 0.422. The Hall–Kier alpha value is -1.48. The lowest BCUT2D eigenvalue weighted by Gasteiger charge is -2.03. The Labute approximate surface area is 93.2 Å². The first-order chi connectivity index (χ1) is 7.31. The number of hydrogen-bond donors (Lipinski definition) is 0. The predicted octanol–water partition coefficient (Wildman–Crippen LogP) is 2.75. The van der Waals surface area contributed by atoms with E-state index >= 15 is 0 Å². The van der Waals surface area contributed by atoms with Gasteiger partial charge in [-0.15, -0.1) is 0 Å². The quantitative estimate of drug-likeness (QED) is 0.780. The molecule has 3 nitrogen and oxygen atoms in total. The molecule has 0 spiro atoms. The maximum Gasteiger partial charge on any atom is 0.155 e. The van der Waals surface area contributed by atoms with Crippen molar-refractivity contribution < 1.29 is 0 Å². The lowest BCUT2D eigenvalue weighted by atomic mass is 10.1. The minimum absolute atomic E-state index is 0.422. The highest BCUT2D eigenvalue weighted by molar-refractivity contribution is 6.31. The first-order valence-corrected chi connectivity index (χ1v) is 5.11. The van der Waals surface area contributed by atoms with Crippen LogP contribution in [0.25, 0.3) is 11.3 Å². The second-order valence-corrected chi connectivity index (χ2v) is 3.44. The van der Waals surface area contributed by atoms with E-state index in [9.17, 15) is 0 Å². The van der Waals surface area contributed by atoms with Crippen LogP contribution < -0.4 is 0 Å². The Morgan fingerprint density at radius 2 is 1.93 bits per heavy atom. The number of aromatic nitrogens is 3. The third kappa shape index (κ3) is 2.13. The standard InChI is InChI=1S/C11H10ClN3/c1-2-9-7-8(3-4-13-9)10-11(12)15-6-5-14-10/h3-7H,2H2,1H3. The molecule has 0 fully saturated rings. The van der Waals surface area contributed by atoms with Crippen molar-refractivity contribution in [2.75, 3.05) is 0 Å². The lowest BCUT2D eigenvalue weighted by Crippen LogP contribution is -1.91. The number of rotatable bonds is 2. The first kappa shape index (κ1) is 10.1. The van der Waals surface area contributed by atoms with Crippen LogP contribution in [0.4, 0.5) is 0 Å². The molecule has 2 aromatic rings. The molecule has 2 heterocycles. The second kappa shape index (κ2) is 4.36. The molecule has 0 aliphatic carbocycles. The summed E-state index contributed by atoms with van der Waals surface area (Å²) in [5.74, 6) is 0. The average molecular weight is 220 g/mol. The largest absolute Gasteiger partial charge is 0.261 e. The number of pyridine rings is 1. The summed E-state index contributed by atoms with van der Waals surface area (Å²) in [6.07, 6.45) is 5.87. The van der Waals surface area contributed by atoms with Gasteiger partial charge in [0.05, 0.1) is 0 Å². The SMILES string of the molecule is CCc1cc(-c2nccnc2Cl)ccn1. The molecular formula is C11H10ClN3. The van der Waals surface area contributed by atoms with Crippen LogP contribution in [0.1, 0.15) is 12.6 Å². The molecule has 0 atom stereocenters. The molecule has 0 radical (unpaired) electrons. The van der Waals surface area contributed by atoms with Gasteiger partial charge in [-0.05, 0) is 18.6 Å². The van der Waals surface area contributed by atoms with E-state index in [1.165, 1.54) is 0 Å². The fourth-order valence-corrected chi connectivity index (χ4v) is 1.55. The smallest absolute Gasteiger partial charge is 0.155 e. The number of nitrogens with zero attached hydrogens (tertiary/aromatic N) is 3. The summed E-state index contributed by atoms with van der Waals surface area (Å²) in [5.41, 5.74) is 2.69. The zero-order valence-electron chi connectivity index (χ0n) is 8.31. The van der Waals surface area contributed by atoms with Gasteiger partial charge in [0.2, 0.25) is 0 Å². The van der Waals surface area contributed by atoms with E-state index < -0.39 is 0 Å². The molecule has 0 N–H and O–H groups in total. The van der Waals surface area contributed by atoms with Gasteiger partial charge in [-0.25, -0.2) is 4.98 Å². The van der Waals surface area contributed by atoms with Gasteiger partial charge in [-0.3, -0.25) is 9.97 Å². The van der Waals surface area contributed by atoms with Gasteiger partial charge in [0.1, 0.15) is 5.69 Å². The summed E-state index contributed by atoms with van der Waals surface area (Å²) in [7, 11) is 0. The minimum Gasteiger partial charge on any atom is -0.261 e. The van der Waals surface area contributed by atoms with Crippen LogP contribution in [-0.2, 0) is 6.42 Å². The van der Waals surface area contributed by atoms with Crippen molar-refractivity contribution >= 4 is 11.6 Å². The monoisotopic (exact) mass is 219 g/mol. The van der Waals surface area contributed by atoms with Gasteiger partial charge < -0.3 is 0 Å². The maximum absolute atomic E-state index is 5.96. The van der Waals surface area contributed by atoms with Crippen molar-refractivity contribution in [3.8, 4) is 11.3 Å². The van der Waals surface area contributed by atoms with Crippen LogP contribution in [0.2, 0.25) is 5.15 Å². The van der Waals surface area contributed by atoms with E-state index in [0.717, 1.165) is 17.7 Å². The molecule has 0 unspecified atom stereocenters. The number of hydrogen-bond acceptors (Lipinski definition) is 3. The third-order valence-corrected chi connectivity index (χ3v) is 2.38. The van der Waals surface area contributed by atoms with Crippen LogP contribution in [0.15, 0.2) is 30.7 Å². The Morgan fingerprint density at radius 3 is 2.67 bits per heavy atom. The highest BCUT2D eigenvalue weighted by atomic mass is 35.5. The van der Waals surface area contributed by atoms with Crippen molar-refractivity contribution in [2.45, 2.75) is 13.3 Å². The van der Waals surface area contributed by atoms with Crippen LogP contribution in [-0.4, -0.2) is 15.0 Å². The third-order valence-electron chi connectivity index (χ3n) is 2.11. The zero-order chi connectivity index (χ0) is 10.7. The molecule has 0 bridgehead atoms. The molecule has 0 amide bonds. The molecule has 0 aliphatic heterocycles. The van der Waals surface area contributed by atoms with Crippen LogP contribution in [0.5, 0.6) is 0 Å². The highest BCUT2D eigenvalue weighted by Gasteiger charge is 2.05. The molecule has 0 aromatic carbocycles. The van der Waals surface area contributed by atoms with Gasteiger partial charge >= 0.3 is 0 Å². The van der Waals surface area contributed by atoms with Crippen molar-refractivity contribution in [3.05, 3.63) is 41.6 Å². The van der Waals surface area contributed by atoms with Gasteiger partial charge in [0, 0.05) is 29.8 Å². The van der Waals surface area contributed by atoms with E-state index in [0.29, 0.717) is 10.8 Å². The number of halogens is 1. The molecule has 2 aromatic heterocycles. The number of aryl methyl sites for hydroxylation is 1. The Morgan fingerprint density at radius 1 is 1.13 bits per heavy atom. The van der Waals surface area contributed by atoms with E-state index in [1.54, 1.807) is 18.6 Å². The molecule has 15 heavy (non-hydrogen) atoms. The second-order valence-electron chi connectivity index (χ2n) is 3.09. The highest BCUT2D eigenvalue weighted by Crippen LogP contribution is 2.23. The van der Waals surface area contributed by atoms with Gasteiger partial charge in [0.15, 0.2) is 5.15 Å². The predicted molar refractivity (Wildman–Crippen MR) is 59.7 cm³/mol. The molecule has 0 saturated heterocycles. The summed E-state index contributed by atoms with van der Waals surface area (Å²) >= 11 is 5.96. The summed E-state index contributed by atoms with van der Waals surface area (Å²) in [4.78, 5) is 12.4. The lowest BCUT2D eigenvalue weighted by molar-refractivity contribution is 1.03. The molecule has 76 valence electrons. The summed E-state index contributed by atoms with van der Waals surface area (Å²) < 4.78 is 0.